The molecule has 2 aliphatic rings. The van der Waals surface area contributed by atoms with Gasteiger partial charge in [0.25, 0.3) is 5.91 Å². The lowest BCUT2D eigenvalue weighted by Crippen LogP contribution is -2.58. The molecule has 1 aromatic heterocycles. The van der Waals surface area contributed by atoms with Gasteiger partial charge in [0.05, 0.1) is 11.6 Å². The molecule has 9 heteroatoms. The van der Waals surface area contributed by atoms with E-state index in [1.807, 2.05) is 30.3 Å². The maximum absolute atomic E-state index is 13.9. The largest absolute Gasteiger partial charge is 0.421 e. The predicted octanol–water partition coefficient (Wildman–Crippen LogP) is 1.79. The van der Waals surface area contributed by atoms with Crippen LogP contribution in [0.2, 0.25) is 0 Å². The van der Waals surface area contributed by atoms with E-state index in [-0.39, 0.29) is 29.6 Å². The van der Waals surface area contributed by atoms with E-state index in [0.717, 1.165) is 5.56 Å². The maximum Gasteiger partial charge on any atom is 0.254 e. The van der Waals surface area contributed by atoms with E-state index in [1.165, 1.54) is 18.2 Å². The van der Waals surface area contributed by atoms with E-state index in [2.05, 4.69) is 25.7 Å². The van der Waals surface area contributed by atoms with Gasteiger partial charge in [0.15, 0.2) is 0 Å². The van der Waals surface area contributed by atoms with Crippen molar-refractivity contribution in [1.29, 1.82) is 0 Å². The number of hydrogen-bond donors (Lipinski definition) is 2. The van der Waals surface area contributed by atoms with Crippen LogP contribution >= 0.6 is 0 Å². The van der Waals surface area contributed by atoms with Crippen LogP contribution in [-0.2, 0) is 11.2 Å². The van der Waals surface area contributed by atoms with Crippen molar-refractivity contribution in [2.75, 3.05) is 13.1 Å². The summed E-state index contributed by atoms with van der Waals surface area (Å²) < 4.78 is 19.8. The molecule has 8 nitrogen and oxygen atoms in total. The number of nitrogens with one attached hydrogen (secondary N) is 2. The molecule has 0 aliphatic carbocycles. The van der Waals surface area contributed by atoms with E-state index in [0.29, 0.717) is 37.7 Å². The van der Waals surface area contributed by atoms with Crippen molar-refractivity contribution in [3.8, 4) is 11.5 Å². The molecule has 3 aromatic rings. The van der Waals surface area contributed by atoms with Crippen molar-refractivity contribution >= 4 is 11.8 Å². The summed E-state index contributed by atoms with van der Waals surface area (Å²) in [6.45, 7) is 0.939. The van der Waals surface area contributed by atoms with Crippen LogP contribution in [0.15, 0.2) is 59.0 Å². The van der Waals surface area contributed by atoms with Crippen molar-refractivity contribution in [1.82, 2.24) is 25.7 Å². The van der Waals surface area contributed by atoms with E-state index in [9.17, 15) is 14.0 Å². The smallest absolute Gasteiger partial charge is 0.254 e. The Balaban J connectivity index is 1.27. The summed E-state index contributed by atoms with van der Waals surface area (Å²) in [5.41, 5.74) is 0.843. The van der Waals surface area contributed by atoms with Crippen LogP contribution in [0.1, 0.15) is 22.7 Å². The van der Waals surface area contributed by atoms with Gasteiger partial charge in [-0.05, 0) is 30.7 Å². The topological polar surface area (TPSA) is 100 Å². The van der Waals surface area contributed by atoms with Crippen molar-refractivity contribution in [2.45, 2.75) is 31.0 Å². The van der Waals surface area contributed by atoms with Gasteiger partial charge in [0.1, 0.15) is 5.82 Å². The molecule has 2 N–H and O–H groups in total. The Morgan fingerprint density at radius 2 is 1.94 bits per heavy atom. The van der Waals surface area contributed by atoms with Crippen LogP contribution in [0.5, 0.6) is 0 Å². The van der Waals surface area contributed by atoms with Gasteiger partial charge in [-0.25, -0.2) is 4.39 Å². The van der Waals surface area contributed by atoms with Gasteiger partial charge in [-0.1, -0.05) is 30.3 Å². The van der Waals surface area contributed by atoms with Crippen LogP contribution in [0, 0.1) is 5.82 Å². The van der Waals surface area contributed by atoms with Gasteiger partial charge < -0.3 is 15.1 Å². The number of aromatic nitrogens is 2. The first-order valence-corrected chi connectivity index (χ1v) is 10.5. The second kappa shape index (κ2) is 8.51. The Morgan fingerprint density at radius 3 is 2.75 bits per heavy atom. The molecule has 2 amide bonds. The minimum absolute atomic E-state index is 0.00215. The first-order valence-electron chi connectivity index (χ1n) is 10.5. The van der Waals surface area contributed by atoms with Crippen LogP contribution in [0.4, 0.5) is 4.39 Å². The summed E-state index contributed by atoms with van der Waals surface area (Å²) in [4.78, 5) is 27.0. The van der Waals surface area contributed by atoms with Gasteiger partial charge >= 0.3 is 0 Å². The van der Waals surface area contributed by atoms with Crippen LogP contribution in [0.3, 0.4) is 0 Å². The number of fused-ring (bicyclic) bond motifs is 1. The summed E-state index contributed by atoms with van der Waals surface area (Å²) >= 11 is 0. The van der Waals surface area contributed by atoms with Crippen LogP contribution in [0.25, 0.3) is 11.5 Å². The average molecular weight is 435 g/mol. The molecule has 0 bridgehead atoms. The number of rotatable bonds is 5. The maximum atomic E-state index is 13.9. The minimum Gasteiger partial charge on any atom is -0.421 e. The van der Waals surface area contributed by atoms with E-state index in [1.54, 1.807) is 6.07 Å². The highest BCUT2D eigenvalue weighted by Crippen LogP contribution is 2.26. The number of halogens is 1. The Bertz CT molecular complexity index is 1140. The Hall–Kier alpha value is -3.59. The number of carbonyl (C=O) groups is 2. The average Bonchev–Trinajstić information content (AvgIpc) is 3.44. The van der Waals surface area contributed by atoms with Crippen molar-refractivity contribution < 1.29 is 18.4 Å². The summed E-state index contributed by atoms with van der Waals surface area (Å²) in [5, 5.41) is 14.1. The number of carbonyl (C=O) groups excluding carboxylic acids is 2. The lowest BCUT2D eigenvalue weighted by molar-refractivity contribution is -0.129. The third kappa shape index (κ3) is 3.99. The number of amides is 2. The van der Waals surface area contributed by atoms with E-state index in [4.69, 9.17) is 4.42 Å². The van der Waals surface area contributed by atoms with Gasteiger partial charge in [-0.3, -0.25) is 14.5 Å². The zero-order valence-electron chi connectivity index (χ0n) is 17.2. The molecular weight excluding hydrogens is 413 g/mol. The third-order valence-electron chi connectivity index (χ3n) is 5.97. The fourth-order valence-corrected chi connectivity index (χ4v) is 4.41. The number of benzene rings is 2. The number of piperazine rings is 1. The van der Waals surface area contributed by atoms with Gasteiger partial charge in [0, 0.05) is 37.2 Å². The molecule has 2 fully saturated rings. The second-order valence-electron chi connectivity index (χ2n) is 8.07. The summed E-state index contributed by atoms with van der Waals surface area (Å²) in [6.07, 6.45) is 0.937. The quantitative estimate of drug-likeness (QED) is 0.634. The standard InChI is InChI=1S/C23H22FN5O3/c24-18-9-5-4-8-17(18)21(30)26-15-10-19-22(31)25-12-16(29(19)13-15)11-20-27-28-23(32-20)14-6-2-1-3-7-14/h1-9,15-16,19H,10-13H2,(H,25,31)(H,26,30)/t15-,16+,19-/m0/s1. The van der Waals surface area contributed by atoms with E-state index < -0.39 is 11.7 Å². The molecule has 2 aliphatic heterocycles. The molecule has 3 heterocycles. The molecule has 0 radical (unpaired) electrons. The summed E-state index contributed by atoms with van der Waals surface area (Å²) in [5.74, 6) is -0.174. The highest BCUT2D eigenvalue weighted by molar-refractivity contribution is 5.94. The first kappa shape index (κ1) is 20.3. The predicted molar refractivity (Wildman–Crippen MR) is 113 cm³/mol. The van der Waals surface area contributed by atoms with Gasteiger partial charge in [-0.2, -0.15) is 0 Å². The van der Waals surface area contributed by atoms with Gasteiger partial charge in [0.2, 0.25) is 17.7 Å². The van der Waals surface area contributed by atoms with Gasteiger partial charge in [-0.15, -0.1) is 10.2 Å². The molecule has 0 saturated carbocycles. The molecular formula is C23H22FN5O3. The molecule has 0 spiro atoms. The lowest BCUT2D eigenvalue weighted by Gasteiger charge is -2.36. The van der Waals surface area contributed by atoms with Crippen molar-refractivity contribution in [3.05, 3.63) is 71.9 Å². The summed E-state index contributed by atoms with van der Waals surface area (Å²) in [6, 6.07) is 14.7. The fraction of sp³-hybridized carbons (Fsp3) is 0.304. The Morgan fingerprint density at radius 1 is 1.16 bits per heavy atom. The lowest BCUT2D eigenvalue weighted by atomic mass is 10.1. The van der Waals surface area contributed by atoms with Crippen LogP contribution < -0.4 is 10.6 Å². The van der Waals surface area contributed by atoms with Crippen molar-refractivity contribution in [2.24, 2.45) is 0 Å². The molecule has 32 heavy (non-hydrogen) atoms. The molecule has 3 atom stereocenters. The Kier molecular flexibility index (Phi) is 5.40. The molecule has 2 saturated heterocycles. The molecule has 164 valence electrons. The molecule has 5 rings (SSSR count). The summed E-state index contributed by atoms with van der Waals surface area (Å²) in [7, 11) is 0. The van der Waals surface area contributed by atoms with Crippen molar-refractivity contribution in [3.63, 3.8) is 0 Å². The normalized spacial score (nSPS) is 22.9. The zero-order valence-corrected chi connectivity index (χ0v) is 17.2. The van der Waals surface area contributed by atoms with Crippen LogP contribution in [-0.4, -0.2) is 58.1 Å². The molecule has 2 aromatic carbocycles. The monoisotopic (exact) mass is 435 g/mol. The first-order chi connectivity index (χ1) is 15.6. The Labute approximate surface area is 183 Å². The zero-order chi connectivity index (χ0) is 22.1. The highest BCUT2D eigenvalue weighted by Gasteiger charge is 2.44. The highest BCUT2D eigenvalue weighted by atomic mass is 19.1. The second-order valence-corrected chi connectivity index (χ2v) is 8.07. The fourth-order valence-electron chi connectivity index (χ4n) is 4.41. The number of hydrogen-bond acceptors (Lipinski definition) is 6. The number of nitrogens with zero attached hydrogens (tertiary/aromatic N) is 3. The van der Waals surface area contributed by atoms with E-state index >= 15 is 0 Å². The third-order valence-corrected chi connectivity index (χ3v) is 5.97. The SMILES string of the molecule is O=C(N[C@H]1C[C@H]2C(=O)NC[C@@H](Cc3nnc(-c4ccccc4)o3)N2C1)c1ccccc1F. The molecule has 0 unspecified atom stereocenters. The minimum atomic E-state index is -0.568.